The van der Waals surface area contributed by atoms with E-state index in [4.69, 9.17) is 10.4 Å². The summed E-state index contributed by atoms with van der Waals surface area (Å²) < 4.78 is 0.812. The first-order chi connectivity index (χ1) is 9.60. The third-order valence-electron chi connectivity index (χ3n) is 2.53. The molecule has 20 heavy (non-hydrogen) atoms. The van der Waals surface area contributed by atoms with Gasteiger partial charge in [-0.15, -0.1) is 11.3 Å². The van der Waals surface area contributed by atoms with Gasteiger partial charge >= 0.3 is 5.97 Å². The summed E-state index contributed by atoms with van der Waals surface area (Å²) in [5.41, 5.74) is 2.03. The molecule has 0 spiro atoms. The maximum absolute atomic E-state index is 10.7. The highest BCUT2D eigenvalue weighted by molar-refractivity contribution is 8.00. The Balaban J connectivity index is 2.08. The van der Waals surface area contributed by atoms with Crippen molar-refractivity contribution in [2.45, 2.75) is 23.4 Å². The van der Waals surface area contributed by atoms with Gasteiger partial charge in [0.1, 0.15) is 11.8 Å². The van der Waals surface area contributed by atoms with E-state index in [-0.39, 0.29) is 6.42 Å². The SMILES string of the molecule is Cc1nc(SCc2cccnc2C#N)sc1CC(=O)O. The molecule has 0 bridgehead atoms. The molecule has 0 saturated carbocycles. The van der Waals surface area contributed by atoms with Crippen LogP contribution in [0.5, 0.6) is 0 Å². The number of thioether (sulfide) groups is 1. The number of rotatable bonds is 5. The first-order valence-corrected chi connectivity index (χ1v) is 7.55. The van der Waals surface area contributed by atoms with Crippen molar-refractivity contribution < 1.29 is 9.90 Å². The monoisotopic (exact) mass is 305 g/mol. The molecule has 102 valence electrons. The molecule has 2 rings (SSSR count). The molecule has 0 amide bonds. The Morgan fingerprint density at radius 2 is 2.40 bits per heavy atom. The summed E-state index contributed by atoms with van der Waals surface area (Å²) in [6.07, 6.45) is 1.59. The van der Waals surface area contributed by atoms with Gasteiger partial charge in [-0.25, -0.2) is 9.97 Å². The number of carboxylic acid groups (broad SMARTS) is 1. The topological polar surface area (TPSA) is 86.9 Å². The van der Waals surface area contributed by atoms with Crippen LogP contribution in [0, 0.1) is 18.3 Å². The Hall–Kier alpha value is -1.91. The van der Waals surface area contributed by atoms with Crippen LogP contribution in [0.1, 0.15) is 21.8 Å². The van der Waals surface area contributed by atoms with E-state index in [1.165, 1.54) is 23.1 Å². The van der Waals surface area contributed by atoms with E-state index in [1.54, 1.807) is 12.3 Å². The second-order valence-electron chi connectivity index (χ2n) is 3.97. The quantitative estimate of drug-likeness (QED) is 0.854. The minimum Gasteiger partial charge on any atom is -0.481 e. The number of thiazole rings is 1. The Labute approximate surface area is 124 Å². The predicted molar refractivity (Wildman–Crippen MR) is 76.7 cm³/mol. The fourth-order valence-electron chi connectivity index (χ4n) is 1.56. The van der Waals surface area contributed by atoms with E-state index >= 15 is 0 Å². The van der Waals surface area contributed by atoms with Crippen LogP contribution in [0.25, 0.3) is 0 Å². The van der Waals surface area contributed by atoms with Crippen LogP contribution in [-0.2, 0) is 17.0 Å². The molecule has 0 aliphatic heterocycles. The summed E-state index contributed by atoms with van der Waals surface area (Å²) in [6.45, 7) is 1.81. The second-order valence-corrected chi connectivity index (χ2v) is 6.28. The van der Waals surface area contributed by atoms with Crippen LogP contribution in [-0.4, -0.2) is 21.0 Å². The van der Waals surface area contributed by atoms with Gasteiger partial charge in [-0.3, -0.25) is 4.79 Å². The van der Waals surface area contributed by atoms with Crippen molar-refractivity contribution in [1.29, 1.82) is 5.26 Å². The van der Waals surface area contributed by atoms with Crippen LogP contribution in [0.3, 0.4) is 0 Å². The highest BCUT2D eigenvalue weighted by atomic mass is 32.2. The molecule has 2 aromatic heterocycles. The van der Waals surface area contributed by atoms with Crippen molar-refractivity contribution in [2.75, 3.05) is 0 Å². The molecule has 0 unspecified atom stereocenters. The molecule has 2 aromatic rings. The summed E-state index contributed by atoms with van der Waals surface area (Å²) >= 11 is 2.88. The van der Waals surface area contributed by atoms with Gasteiger partial charge in [-0.2, -0.15) is 5.26 Å². The lowest BCUT2D eigenvalue weighted by Gasteiger charge is -2.00. The molecular weight excluding hydrogens is 294 g/mol. The van der Waals surface area contributed by atoms with Gasteiger partial charge in [0.2, 0.25) is 0 Å². The van der Waals surface area contributed by atoms with Crippen molar-refractivity contribution in [2.24, 2.45) is 0 Å². The van der Waals surface area contributed by atoms with E-state index in [2.05, 4.69) is 16.0 Å². The Morgan fingerprint density at radius 3 is 3.10 bits per heavy atom. The third-order valence-corrected chi connectivity index (χ3v) is 4.88. The largest absolute Gasteiger partial charge is 0.481 e. The Morgan fingerprint density at radius 1 is 1.60 bits per heavy atom. The van der Waals surface area contributed by atoms with Gasteiger partial charge < -0.3 is 5.11 Å². The Bertz CT molecular complexity index is 676. The predicted octanol–water partition coefficient (Wildman–Crippen LogP) is 2.64. The molecule has 0 fully saturated rings. The summed E-state index contributed by atoms with van der Waals surface area (Å²) in [5.74, 6) is -0.261. The number of aromatic nitrogens is 2. The zero-order valence-corrected chi connectivity index (χ0v) is 12.3. The fourth-order valence-corrected chi connectivity index (χ4v) is 3.77. The number of aryl methyl sites for hydroxylation is 1. The van der Waals surface area contributed by atoms with Crippen LogP contribution in [0.2, 0.25) is 0 Å². The molecule has 0 aliphatic carbocycles. The van der Waals surface area contributed by atoms with Crippen molar-refractivity contribution in [3.63, 3.8) is 0 Å². The van der Waals surface area contributed by atoms with Crippen molar-refractivity contribution in [3.05, 3.63) is 40.2 Å². The minimum atomic E-state index is -0.854. The first-order valence-electron chi connectivity index (χ1n) is 5.75. The van der Waals surface area contributed by atoms with Gasteiger partial charge in [0.05, 0.1) is 12.1 Å². The van der Waals surface area contributed by atoms with E-state index in [0.717, 1.165) is 20.5 Å². The summed E-state index contributed by atoms with van der Waals surface area (Å²) in [7, 11) is 0. The third kappa shape index (κ3) is 3.56. The van der Waals surface area contributed by atoms with Crippen LogP contribution in [0.15, 0.2) is 22.7 Å². The number of hydrogen-bond donors (Lipinski definition) is 1. The lowest BCUT2D eigenvalue weighted by Crippen LogP contribution is -1.99. The van der Waals surface area contributed by atoms with Crippen molar-refractivity contribution in [3.8, 4) is 6.07 Å². The van der Waals surface area contributed by atoms with Gasteiger partial charge in [0.15, 0.2) is 4.34 Å². The van der Waals surface area contributed by atoms with E-state index in [9.17, 15) is 4.79 Å². The molecule has 0 saturated heterocycles. The zero-order valence-electron chi connectivity index (χ0n) is 10.7. The highest BCUT2D eigenvalue weighted by Gasteiger charge is 2.12. The number of carboxylic acids is 1. The number of nitriles is 1. The van der Waals surface area contributed by atoms with Crippen molar-refractivity contribution >= 4 is 29.1 Å². The number of carbonyl (C=O) groups is 1. The van der Waals surface area contributed by atoms with Gasteiger partial charge in [0, 0.05) is 16.8 Å². The normalized spacial score (nSPS) is 10.2. The van der Waals surface area contributed by atoms with Gasteiger partial charge in [-0.05, 0) is 18.6 Å². The highest BCUT2D eigenvalue weighted by Crippen LogP contribution is 2.30. The van der Waals surface area contributed by atoms with Gasteiger partial charge in [0.25, 0.3) is 0 Å². The minimum absolute atomic E-state index is 0.000395. The van der Waals surface area contributed by atoms with Crippen LogP contribution < -0.4 is 0 Å². The number of aliphatic carboxylic acids is 1. The molecule has 7 heteroatoms. The molecule has 5 nitrogen and oxygen atoms in total. The maximum Gasteiger partial charge on any atom is 0.308 e. The van der Waals surface area contributed by atoms with E-state index in [1.807, 2.05) is 13.0 Å². The first kappa shape index (κ1) is 14.5. The summed E-state index contributed by atoms with van der Waals surface area (Å²) in [6, 6.07) is 5.71. The average Bonchev–Trinajstić information content (AvgIpc) is 2.76. The maximum atomic E-state index is 10.7. The Kier molecular flexibility index (Phi) is 4.71. The van der Waals surface area contributed by atoms with Crippen LogP contribution in [0.4, 0.5) is 0 Å². The van der Waals surface area contributed by atoms with Crippen LogP contribution >= 0.6 is 23.1 Å². The molecule has 2 heterocycles. The molecule has 0 aromatic carbocycles. The lowest BCUT2D eigenvalue weighted by atomic mass is 10.2. The average molecular weight is 305 g/mol. The number of nitrogens with zero attached hydrogens (tertiary/aromatic N) is 3. The summed E-state index contributed by atoms with van der Waals surface area (Å²) in [5, 5.41) is 17.8. The zero-order chi connectivity index (χ0) is 14.5. The summed E-state index contributed by atoms with van der Waals surface area (Å²) in [4.78, 5) is 19.8. The molecule has 1 N–H and O–H groups in total. The van der Waals surface area contributed by atoms with E-state index in [0.29, 0.717) is 11.4 Å². The van der Waals surface area contributed by atoms with Crippen molar-refractivity contribution in [1.82, 2.24) is 9.97 Å². The smallest absolute Gasteiger partial charge is 0.308 e. The number of pyridine rings is 1. The fraction of sp³-hybridized carbons (Fsp3) is 0.231. The second kappa shape index (κ2) is 6.50. The molecule has 0 aliphatic rings. The standard InChI is InChI=1S/C13H11N3O2S2/c1-8-11(5-12(17)18)20-13(16-8)19-7-9-3-2-4-15-10(9)6-14/h2-4H,5,7H2,1H3,(H,17,18). The molecule has 0 atom stereocenters. The van der Waals surface area contributed by atoms with Gasteiger partial charge in [-0.1, -0.05) is 17.8 Å². The number of hydrogen-bond acceptors (Lipinski definition) is 6. The molecular formula is C13H11N3O2S2. The molecule has 0 radical (unpaired) electrons. The lowest BCUT2D eigenvalue weighted by molar-refractivity contribution is -0.136. The van der Waals surface area contributed by atoms with E-state index < -0.39 is 5.97 Å².